The van der Waals surface area contributed by atoms with Crippen molar-refractivity contribution < 1.29 is 9.21 Å². The molecule has 1 aliphatic rings. The van der Waals surface area contributed by atoms with E-state index in [0.29, 0.717) is 25.6 Å². The molecule has 1 aliphatic heterocycles. The highest BCUT2D eigenvalue weighted by Gasteiger charge is 2.32. The fourth-order valence-corrected chi connectivity index (χ4v) is 3.41. The molecule has 122 valence electrons. The lowest BCUT2D eigenvalue weighted by Crippen LogP contribution is -2.60. The Balaban J connectivity index is 1.77. The van der Waals surface area contributed by atoms with Crippen molar-refractivity contribution in [2.75, 3.05) is 6.54 Å². The third kappa shape index (κ3) is 4.47. The van der Waals surface area contributed by atoms with Gasteiger partial charge in [-0.1, -0.05) is 0 Å². The third-order valence-electron chi connectivity index (χ3n) is 3.88. The van der Waals surface area contributed by atoms with E-state index in [1.54, 1.807) is 0 Å². The first kappa shape index (κ1) is 16.8. The van der Waals surface area contributed by atoms with Crippen molar-refractivity contribution in [3.05, 3.63) is 23.7 Å². The van der Waals surface area contributed by atoms with Crippen molar-refractivity contribution in [3.63, 3.8) is 0 Å². The van der Waals surface area contributed by atoms with Crippen molar-refractivity contribution in [1.29, 1.82) is 0 Å². The molecule has 0 unspecified atom stereocenters. The highest BCUT2D eigenvalue weighted by molar-refractivity contribution is 7.80. The summed E-state index contributed by atoms with van der Waals surface area (Å²) in [7, 11) is 0. The van der Waals surface area contributed by atoms with Gasteiger partial charge in [0.1, 0.15) is 11.5 Å². The molecule has 1 aromatic heterocycles. The molecule has 1 saturated heterocycles. The average molecular weight is 323 g/mol. The molecule has 0 aliphatic carbocycles. The fourth-order valence-electron chi connectivity index (χ4n) is 2.86. The van der Waals surface area contributed by atoms with Gasteiger partial charge in [0, 0.05) is 24.5 Å². The maximum absolute atomic E-state index is 12.0. The first-order chi connectivity index (χ1) is 10.3. The lowest BCUT2D eigenvalue weighted by Gasteiger charge is -2.44. The van der Waals surface area contributed by atoms with Gasteiger partial charge in [0.05, 0.1) is 6.54 Å². The Kier molecular flexibility index (Phi) is 5.11. The van der Waals surface area contributed by atoms with Crippen molar-refractivity contribution in [3.8, 4) is 0 Å². The fraction of sp³-hybridized carbons (Fsp3) is 0.625. The van der Waals surface area contributed by atoms with Crippen LogP contribution in [0.2, 0.25) is 0 Å². The third-order valence-corrected chi connectivity index (χ3v) is 4.22. The van der Waals surface area contributed by atoms with E-state index in [1.165, 1.54) is 0 Å². The van der Waals surface area contributed by atoms with E-state index in [-0.39, 0.29) is 11.4 Å². The number of rotatable bonds is 5. The first-order valence-corrected chi connectivity index (χ1v) is 8.08. The van der Waals surface area contributed by atoms with Gasteiger partial charge < -0.3 is 20.0 Å². The summed E-state index contributed by atoms with van der Waals surface area (Å²) < 4.78 is 5.43. The van der Waals surface area contributed by atoms with Crippen LogP contribution in [0.15, 0.2) is 16.5 Å². The number of nitrogens with zero attached hydrogens (tertiary/aromatic N) is 1. The van der Waals surface area contributed by atoms with E-state index < -0.39 is 0 Å². The van der Waals surface area contributed by atoms with E-state index in [0.717, 1.165) is 23.1 Å². The second-order valence-corrected chi connectivity index (χ2v) is 6.99. The van der Waals surface area contributed by atoms with Crippen LogP contribution >= 0.6 is 12.2 Å². The van der Waals surface area contributed by atoms with Gasteiger partial charge in [-0.3, -0.25) is 4.79 Å². The zero-order valence-corrected chi connectivity index (χ0v) is 14.5. The predicted molar refractivity (Wildman–Crippen MR) is 90.5 cm³/mol. The Morgan fingerprint density at radius 2 is 2.27 bits per heavy atom. The largest absolute Gasteiger partial charge is 0.465 e. The van der Waals surface area contributed by atoms with Crippen LogP contribution in [0.25, 0.3) is 0 Å². The van der Waals surface area contributed by atoms with Crippen LogP contribution in [-0.4, -0.2) is 34.0 Å². The molecule has 1 aromatic rings. The topological polar surface area (TPSA) is 57.5 Å². The molecule has 2 rings (SSSR count). The van der Waals surface area contributed by atoms with Crippen molar-refractivity contribution in [1.82, 2.24) is 15.5 Å². The number of amides is 1. The monoisotopic (exact) mass is 323 g/mol. The summed E-state index contributed by atoms with van der Waals surface area (Å²) in [6, 6.07) is 4.11. The smallest absolute Gasteiger partial charge is 0.222 e. The Labute approximate surface area is 137 Å². The zero-order chi connectivity index (χ0) is 16.3. The normalized spacial score (nSPS) is 20.6. The zero-order valence-electron chi connectivity index (χ0n) is 13.7. The Hall–Kier alpha value is -1.56. The minimum Gasteiger partial charge on any atom is -0.465 e. The van der Waals surface area contributed by atoms with Gasteiger partial charge in [-0.2, -0.15) is 0 Å². The number of nitrogens with one attached hydrogen (secondary N) is 2. The van der Waals surface area contributed by atoms with Gasteiger partial charge in [-0.05, 0) is 58.5 Å². The highest BCUT2D eigenvalue weighted by Crippen LogP contribution is 2.22. The number of hydrogen-bond acceptors (Lipinski definition) is 3. The minimum absolute atomic E-state index is 0.00823. The summed E-state index contributed by atoms with van der Waals surface area (Å²) in [6.45, 7) is 9.39. The minimum atomic E-state index is 0.00823. The van der Waals surface area contributed by atoms with E-state index in [2.05, 4.69) is 36.3 Å². The second kappa shape index (κ2) is 6.69. The molecule has 0 radical (unpaired) electrons. The van der Waals surface area contributed by atoms with Crippen molar-refractivity contribution >= 4 is 23.2 Å². The number of carbonyl (C=O) groups excluding carboxylic acids is 1. The van der Waals surface area contributed by atoms with Crippen molar-refractivity contribution in [2.45, 2.75) is 58.7 Å². The first-order valence-electron chi connectivity index (χ1n) is 7.68. The van der Waals surface area contributed by atoms with E-state index in [9.17, 15) is 4.79 Å². The maximum atomic E-state index is 12.0. The lowest BCUT2D eigenvalue weighted by atomic mass is 9.93. The van der Waals surface area contributed by atoms with E-state index in [4.69, 9.17) is 16.6 Å². The van der Waals surface area contributed by atoms with Crippen LogP contribution in [0.5, 0.6) is 0 Å². The molecule has 5 nitrogen and oxygen atoms in total. The predicted octanol–water partition coefficient (Wildman–Crippen LogP) is 2.34. The van der Waals surface area contributed by atoms with Crippen LogP contribution in [0.4, 0.5) is 0 Å². The number of aryl methyl sites for hydroxylation is 1. The molecule has 0 spiro atoms. The van der Waals surface area contributed by atoms with Gasteiger partial charge >= 0.3 is 0 Å². The highest BCUT2D eigenvalue weighted by atomic mass is 32.1. The molecule has 1 atom stereocenters. The molecule has 0 bridgehead atoms. The Bertz CT molecular complexity index is 553. The van der Waals surface area contributed by atoms with Crippen LogP contribution in [0, 0.1) is 6.92 Å². The number of hydrogen-bond donors (Lipinski definition) is 2. The van der Waals surface area contributed by atoms with Gasteiger partial charge in [0.15, 0.2) is 5.11 Å². The van der Waals surface area contributed by atoms with Crippen LogP contribution < -0.4 is 10.6 Å². The SMILES string of the molecule is Cc1ccc(CNC(=O)CCN2C(=S)NC(C)(C)C[C@H]2C)o1. The molecule has 2 heterocycles. The summed E-state index contributed by atoms with van der Waals surface area (Å²) in [5.74, 6) is 1.63. The van der Waals surface area contributed by atoms with Crippen LogP contribution in [0.1, 0.15) is 45.1 Å². The van der Waals surface area contributed by atoms with Crippen LogP contribution in [-0.2, 0) is 11.3 Å². The molecule has 0 aromatic carbocycles. The molecular weight excluding hydrogens is 298 g/mol. The molecule has 2 N–H and O–H groups in total. The Morgan fingerprint density at radius 3 is 2.86 bits per heavy atom. The Morgan fingerprint density at radius 1 is 1.55 bits per heavy atom. The van der Waals surface area contributed by atoms with Gasteiger partial charge in [0.25, 0.3) is 0 Å². The number of thiocarbonyl (C=S) groups is 1. The van der Waals surface area contributed by atoms with Gasteiger partial charge in [-0.15, -0.1) is 0 Å². The lowest BCUT2D eigenvalue weighted by molar-refractivity contribution is -0.121. The van der Waals surface area contributed by atoms with Gasteiger partial charge in [-0.25, -0.2) is 0 Å². The molecule has 1 amide bonds. The summed E-state index contributed by atoms with van der Waals surface area (Å²) in [5.41, 5.74) is 0.0202. The summed E-state index contributed by atoms with van der Waals surface area (Å²) >= 11 is 5.42. The summed E-state index contributed by atoms with van der Waals surface area (Å²) in [4.78, 5) is 14.1. The van der Waals surface area contributed by atoms with E-state index >= 15 is 0 Å². The summed E-state index contributed by atoms with van der Waals surface area (Å²) in [6.07, 6.45) is 1.42. The molecule has 6 heteroatoms. The standard InChI is InChI=1S/C16H25N3O2S/c1-11-9-16(3,4)18-15(22)19(11)8-7-14(20)17-10-13-6-5-12(2)21-13/h5-6,11H,7-10H2,1-4H3,(H,17,20)(H,18,22)/t11-/m1/s1. The molecule has 0 saturated carbocycles. The summed E-state index contributed by atoms with van der Waals surface area (Å²) in [5, 5.41) is 6.94. The average Bonchev–Trinajstić information content (AvgIpc) is 2.80. The number of furan rings is 1. The number of carbonyl (C=O) groups is 1. The van der Waals surface area contributed by atoms with Crippen molar-refractivity contribution in [2.24, 2.45) is 0 Å². The molecule has 1 fully saturated rings. The maximum Gasteiger partial charge on any atom is 0.222 e. The molecule has 22 heavy (non-hydrogen) atoms. The quantitative estimate of drug-likeness (QED) is 0.815. The van der Waals surface area contributed by atoms with Crippen LogP contribution in [0.3, 0.4) is 0 Å². The van der Waals surface area contributed by atoms with Gasteiger partial charge in [0.2, 0.25) is 5.91 Å². The second-order valence-electron chi connectivity index (χ2n) is 6.60. The van der Waals surface area contributed by atoms with E-state index in [1.807, 2.05) is 19.1 Å². The molecular formula is C16H25N3O2S.